The Balaban J connectivity index is 1.09. The van der Waals surface area contributed by atoms with Crippen molar-refractivity contribution in [3.8, 4) is 22.5 Å². The van der Waals surface area contributed by atoms with Crippen molar-refractivity contribution in [2.24, 2.45) is 0 Å². The highest BCUT2D eigenvalue weighted by Crippen LogP contribution is 2.39. The Labute approximate surface area is 288 Å². The van der Waals surface area contributed by atoms with E-state index in [1.54, 1.807) is 0 Å². The summed E-state index contributed by atoms with van der Waals surface area (Å²) in [4.78, 5) is 0. The van der Waals surface area contributed by atoms with E-state index < -0.39 is 0 Å². The van der Waals surface area contributed by atoms with E-state index >= 15 is 0 Å². The van der Waals surface area contributed by atoms with Crippen LogP contribution < -0.4 is 0 Å². The van der Waals surface area contributed by atoms with Crippen LogP contribution in [0, 0.1) is 0 Å². The van der Waals surface area contributed by atoms with Crippen molar-refractivity contribution in [3.63, 3.8) is 0 Å². The van der Waals surface area contributed by atoms with Crippen molar-refractivity contribution >= 4 is 75.9 Å². The Hall–Kier alpha value is -6.64. The molecule has 0 amide bonds. The minimum atomic E-state index is 1.15. The number of aromatic nitrogens is 2. The average Bonchev–Trinajstić information content (AvgIpc) is 3.70. The third-order valence-electron chi connectivity index (χ3n) is 10.7. The maximum absolute atomic E-state index is 2.42. The highest BCUT2D eigenvalue weighted by atomic mass is 15.0. The van der Waals surface area contributed by atoms with Crippen molar-refractivity contribution in [1.82, 2.24) is 9.13 Å². The first-order valence-corrected chi connectivity index (χ1v) is 17.3. The van der Waals surface area contributed by atoms with Crippen molar-refractivity contribution < 1.29 is 0 Å². The number of hydrogen-bond donors (Lipinski definition) is 0. The van der Waals surface area contributed by atoms with Gasteiger partial charge in [-0.05, 0) is 92.0 Å². The third kappa shape index (κ3) is 3.85. The fourth-order valence-corrected chi connectivity index (χ4v) is 8.47. The van der Waals surface area contributed by atoms with Gasteiger partial charge in [0.05, 0.1) is 22.1 Å². The monoisotopic (exact) mass is 634 g/mol. The SMILES string of the molecule is c1ccc2c(c1)c1ccccc1c1cc(-c3ccc(-n4c5ccccc5c5ccc(-n6c7ccccc7c7ccccc76)cc54)cc3)ccc21. The number of hydrogen-bond acceptors (Lipinski definition) is 0. The van der Waals surface area contributed by atoms with E-state index in [-0.39, 0.29) is 0 Å². The number of benzene rings is 9. The smallest absolute Gasteiger partial charge is 0.0561 e. The molecule has 0 bridgehead atoms. The molecular formula is C48H30N2. The van der Waals surface area contributed by atoms with Gasteiger partial charge in [0, 0.05) is 32.9 Å². The van der Waals surface area contributed by atoms with Gasteiger partial charge in [-0.3, -0.25) is 0 Å². The standard InChI is InChI=1S/C48H30N2/c1-2-13-37-35(11-1)36-12-3-4-14-38(36)44-29-32(23-27-39(37)44)31-21-24-33(25-22-31)49-45-18-8-7-17-42(45)43-28-26-34(30-48(43)49)50-46-19-9-5-15-40(46)41-16-6-10-20-47(41)50/h1-30H. The summed E-state index contributed by atoms with van der Waals surface area (Å²) in [6.45, 7) is 0. The first-order chi connectivity index (χ1) is 24.8. The topological polar surface area (TPSA) is 9.86 Å². The summed E-state index contributed by atoms with van der Waals surface area (Å²) in [6, 6.07) is 66.7. The molecule has 0 radical (unpaired) electrons. The summed E-state index contributed by atoms with van der Waals surface area (Å²) in [5.41, 5.74) is 9.58. The second kappa shape index (κ2) is 10.4. The maximum Gasteiger partial charge on any atom is 0.0561 e. The minimum Gasteiger partial charge on any atom is -0.309 e. The zero-order valence-corrected chi connectivity index (χ0v) is 27.2. The first kappa shape index (κ1) is 27.3. The van der Waals surface area contributed by atoms with Crippen LogP contribution in [0.5, 0.6) is 0 Å². The molecule has 0 saturated heterocycles. The van der Waals surface area contributed by atoms with Crippen LogP contribution in [0.1, 0.15) is 0 Å². The van der Waals surface area contributed by atoms with E-state index in [2.05, 4.69) is 191 Å². The molecule has 0 saturated carbocycles. The van der Waals surface area contributed by atoms with Crippen LogP contribution in [0.15, 0.2) is 182 Å². The number of rotatable bonds is 3. The minimum absolute atomic E-state index is 1.15. The predicted molar refractivity (Wildman–Crippen MR) is 213 cm³/mol. The molecule has 11 rings (SSSR count). The lowest BCUT2D eigenvalue weighted by Gasteiger charge is -2.13. The number of para-hydroxylation sites is 3. The van der Waals surface area contributed by atoms with E-state index in [9.17, 15) is 0 Å². The molecule has 2 heteroatoms. The van der Waals surface area contributed by atoms with E-state index in [1.807, 2.05) is 0 Å². The van der Waals surface area contributed by atoms with Gasteiger partial charge in [-0.2, -0.15) is 0 Å². The molecule has 0 aliphatic carbocycles. The zero-order chi connectivity index (χ0) is 32.8. The zero-order valence-electron chi connectivity index (χ0n) is 27.2. The van der Waals surface area contributed by atoms with Crippen LogP contribution in [0.4, 0.5) is 0 Å². The molecule has 2 nitrogen and oxygen atoms in total. The summed E-state index contributed by atoms with van der Waals surface area (Å²) < 4.78 is 4.83. The van der Waals surface area contributed by atoms with Crippen molar-refractivity contribution in [1.29, 1.82) is 0 Å². The Morgan fingerprint density at radius 3 is 1.12 bits per heavy atom. The fourth-order valence-electron chi connectivity index (χ4n) is 8.47. The van der Waals surface area contributed by atoms with Gasteiger partial charge >= 0.3 is 0 Å². The molecule has 9 aromatic carbocycles. The van der Waals surface area contributed by atoms with Crippen LogP contribution >= 0.6 is 0 Å². The molecule has 0 atom stereocenters. The molecule has 2 heterocycles. The van der Waals surface area contributed by atoms with E-state index in [0.717, 1.165) is 11.4 Å². The quantitative estimate of drug-likeness (QED) is 0.171. The van der Waals surface area contributed by atoms with Gasteiger partial charge in [0.25, 0.3) is 0 Å². The van der Waals surface area contributed by atoms with Gasteiger partial charge < -0.3 is 9.13 Å². The molecule has 0 spiro atoms. The van der Waals surface area contributed by atoms with Crippen LogP contribution in [-0.4, -0.2) is 9.13 Å². The summed E-state index contributed by atoms with van der Waals surface area (Å²) in [6.07, 6.45) is 0. The normalized spacial score (nSPS) is 12.0. The molecular weight excluding hydrogens is 605 g/mol. The molecule has 2 aromatic heterocycles. The van der Waals surface area contributed by atoms with Crippen LogP contribution in [0.25, 0.3) is 98.4 Å². The molecule has 232 valence electrons. The number of nitrogens with zero attached hydrogens (tertiary/aromatic N) is 2. The van der Waals surface area contributed by atoms with Crippen LogP contribution in [-0.2, 0) is 0 Å². The summed E-state index contributed by atoms with van der Waals surface area (Å²) in [7, 11) is 0. The summed E-state index contributed by atoms with van der Waals surface area (Å²) in [5.74, 6) is 0. The summed E-state index contributed by atoms with van der Waals surface area (Å²) in [5, 5.41) is 12.8. The molecule has 0 aliphatic heterocycles. The molecule has 0 fully saturated rings. The van der Waals surface area contributed by atoms with Crippen molar-refractivity contribution in [2.45, 2.75) is 0 Å². The lowest BCUT2D eigenvalue weighted by Crippen LogP contribution is -1.97. The summed E-state index contributed by atoms with van der Waals surface area (Å²) >= 11 is 0. The van der Waals surface area contributed by atoms with Gasteiger partial charge in [-0.1, -0.05) is 133 Å². The van der Waals surface area contributed by atoms with Gasteiger partial charge in [0.2, 0.25) is 0 Å². The highest BCUT2D eigenvalue weighted by Gasteiger charge is 2.17. The Bertz CT molecular complexity index is 3050. The maximum atomic E-state index is 2.42. The van der Waals surface area contributed by atoms with E-state index in [0.29, 0.717) is 0 Å². The third-order valence-corrected chi connectivity index (χ3v) is 10.7. The Kier molecular flexibility index (Phi) is 5.70. The van der Waals surface area contributed by atoms with Crippen LogP contribution in [0.2, 0.25) is 0 Å². The molecule has 50 heavy (non-hydrogen) atoms. The first-order valence-electron chi connectivity index (χ1n) is 17.3. The second-order valence-corrected chi connectivity index (χ2v) is 13.3. The van der Waals surface area contributed by atoms with Gasteiger partial charge in [-0.25, -0.2) is 0 Å². The van der Waals surface area contributed by atoms with E-state index in [4.69, 9.17) is 0 Å². The number of fused-ring (bicyclic) bond motifs is 12. The Morgan fingerprint density at radius 2 is 0.580 bits per heavy atom. The van der Waals surface area contributed by atoms with Crippen molar-refractivity contribution in [2.75, 3.05) is 0 Å². The largest absolute Gasteiger partial charge is 0.309 e. The average molecular weight is 635 g/mol. The highest BCUT2D eigenvalue weighted by molar-refractivity contribution is 6.25. The lowest BCUT2D eigenvalue weighted by atomic mass is 9.92. The molecule has 0 aliphatic rings. The van der Waals surface area contributed by atoms with E-state index in [1.165, 1.54) is 87.1 Å². The molecule has 0 unspecified atom stereocenters. The predicted octanol–water partition coefficient (Wildman–Crippen LogP) is 13.0. The van der Waals surface area contributed by atoms with Crippen LogP contribution in [0.3, 0.4) is 0 Å². The van der Waals surface area contributed by atoms with Crippen molar-refractivity contribution in [3.05, 3.63) is 182 Å². The Morgan fingerprint density at radius 1 is 0.220 bits per heavy atom. The fraction of sp³-hybridized carbons (Fsp3) is 0. The molecule has 0 N–H and O–H groups in total. The van der Waals surface area contributed by atoms with Gasteiger partial charge in [-0.15, -0.1) is 0 Å². The van der Waals surface area contributed by atoms with Gasteiger partial charge in [0.1, 0.15) is 0 Å². The molecule has 11 aromatic rings. The second-order valence-electron chi connectivity index (χ2n) is 13.3. The lowest BCUT2D eigenvalue weighted by molar-refractivity contribution is 1.15. The van der Waals surface area contributed by atoms with Gasteiger partial charge in [0.15, 0.2) is 0 Å².